The Hall–Kier alpha value is -2.30. The number of hydrogen-bond donors (Lipinski definition) is 0. The fourth-order valence-corrected chi connectivity index (χ4v) is 3.38. The van der Waals surface area contributed by atoms with Gasteiger partial charge in [-0.3, -0.25) is 4.79 Å². The summed E-state index contributed by atoms with van der Waals surface area (Å²) in [6, 6.07) is 14.5. The summed E-state index contributed by atoms with van der Waals surface area (Å²) in [5.41, 5.74) is 3.28. The number of carbonyl (C=O) groups excluding carboxylic acids is 1. The predicted molar refractivity (Wildman–Crippen MR) is 96.8 cm³/mol. The fourth-order valence-electron chi connectivity index (χ4n) is 3.04. The molecular weight excluding hydrogens is 359 g/mol. The van der Waals surface area contributed by atoms with Crippen LogP contribution in [0.25, 0.3) is 11.3 Å². The third-order valence-corrected chi connectivity index (χ3v) is 4.92. The second kappa shape index (κ2) is 6.54. The summed E-state index contributed by atoms with van der Waals surface area (Å²) >= 11 is 12.1. The van der Waals surface area contributed by atoms with Crippen molar-refractivity contribution in [3.63, 3.8) is 0 Å². The van der Waals surface area contributed by atoms with Crippen LogP contribution >= 0.6 is 23.2 Å². The maximum atomic E-state index is 12.7. The summed E-state index contributed by atoms with van der Waals surface area (Å²) in [5, 5.41) is 5.30. The second-order valence-electron chi connectivity index (χ2n) is 5.90. The van der Waals surface area contributed by atoms with Crippen molar-refractivity contribution in [3.05, 3.63) is 75.4 Å². The van der Waals surface area contributed by atoms with Crippen LogP contribution in [0.15, 0.2) is 53.1 Å². The molecule has 4 nitrogen and oxygen atoms in total. The van der Waals surface area contributed by atoms with Gasteiger partial charge in [0, 0.05) is 22.7 Å². The SMILES string of the molecule is O=C(c1ccccc1Cl)N1CCc2c(noc2-c2ccc(Cl)cc2)C1. The van der Waals surface area contributed by atoms with Crippen molar-refractivity contribution in [2.75, 3.05) is 6.54 Å². The van der Waals surface area contributed by atoms with E-state index >= 15 is 0 Å². The normalized spacial score (nSPS) is 13.6. The van der Waals surface area contributed by atoms with Crippen molar-refractivity contribution in [1.29, 1.82) is 0 Å². The number of halogens is 2. The molecule has 1 aliphatic rings. The molecule has 0 saturated heterocycles. The van der Waals surface area contributed by atoms with E-state index in [1.807, 2.05) is 36.4 Å². The number of benzene rings is 2. The summed E-state index contributed by atoms with van der Waals surface area (Å²) in [6.07, 6.45) is 0.687. The topological polar surface area (TPSA) is 46.3 Å². The summed E-state index contributed by atoms with van der Waals surface area (Å²) in [5.74, 6) is 0.656. The molecule has 1 aromatic heterocycles. The number of aromatic nitrogens is 1. The van der Waals surface area contributed by atoms with Gasteiger partial charge in [0.05, 0.1) is 17.1 Å². The quantitative estimate of drug-likeness (QED) is 0.645. The molecule has 25 heavy (non-hydrogen) atoms. The van der Waals surface area contributed by atoms with E-state index in [4.69, 9.17) is 27.7 Å². The zero-order valence-corrected chi connectivity index (χ0v) is 14.7. The van der Waals surface area contributed by atoms with Gasteiger partial charge in [0.2, 0.25) is 0 Å². The molecule has 126 valence electrons. The van der Waals surface area contributed by atoms with Crippen LogP contribution in [0.4, 0.5) is 0 Å². The molecule has 0 aliphatic carbocycles. The van der Waals surface area contributed by atoms with Gasteiger partial charge in [-0.05, 0) is 42.8 Å². The molecule has 0 bridgehead atoms. The van der Waals surface area contributed by atoms with Crippen LogP contribution in [0, 0.1) is 0 Å². The van der Waals surface area contributed by atoms with Crippen LogP contribution in [0.1, 0.15) is 21.6 Å². The standard InChI is InChI=1S/C19H14Cl2N2O2/c20-13-7-5-12(6-8-13)18-15-9-10-23(11-17(15)22-25-18)19(24)14-3-1-2-4-16(14)21/h1-8H,9-11H2. The van der Waals surface area contributed by atoms with Gasteiger partial charge in [0.25, 0.3) is 5.91 Å². The first-order chi connectivity index (χ1) is 12.1. The molecule has 1 amide bonds. The van der Waals surface area contributed by atoms with Gasteiger partial charge in [-0.2, -0.15) is 0 Å². The van der Waals surface area contributed by atoms with Crippen LogP contribution in [-0.2, 0) is 13.0 Å². The molecule has 0 saturated carbocycles. The Labute approximate surface area is 154 Å². The van der Waals surface area contributed by atoms with Crippen molar-refractivity contribution in [3.8, 4) is 11.3 Å². The number of nitrogens with zero attached hydrogens (tertiary/aromatic N) is 2. The number of carbonyl (C=O) groups is 1. The first kappa shape index (κ1) is 16.2. The molecule has 0 spiro atoms. The monoisotopic (exact) mass is 372 g/mol. The minimum Gasteiger partial charge on any atom is -0.356 e. The minimum atomic E-state index is -0.0905. The molecule has 0 atom stereocenters. The molecule has 1 aliphatic heterocycles. The molecule has 2 aromatic carbocycles. The highest BCUT2D eigenvalue weighted by Gasteiger charge is 2.28. The second-order valence-corrected chi connectivity index (χ2v) is 6.74. The van der Waals surface area contributed by atoms with Crippen molar-refractivity contribution in [1.82, 2.24) is 10.1 Å². The fraction of sp³-hybridized carbons (Fsp3) is 0.158. The van der Waals surface area contributed by atoms with E-state index in [9.17, 15) is 4.79 Å². The molecule has 0 unspecified atom stereocenters. The van der Waals surface area contributed by atoms with Crippen LogP contribution in [-0.4, -0.2) is 22.5 Å². The third-order valence-electron chi connectivity index (χ3n) is 4.34. The van der Waals surface area contributed by atoms with Gasteiger partial charge in [-0.15, -0.1) is 0 Å². The van der Waals surface area contributed by atoms with E-state index in [0.29, 0.717) is 35.1 Å². The van der Waals surface area contributed by atoms with Gasteiger partial charge >= 0.3 is 0 Å². The van der Waals surface area contributed by atoms with Gasteiger partial charge in [-0.1, -0.05) is 40.5 Å². The first-order valence-electron chi connectivity index (χ1n) is 7.90. The minimum absolute atomic E-state index is 0.0905. The van der Waals surface area contributed by atoms with E-state index in [1.54, 1.807) is 17.0 Å². The highest BCUT2D eigenvalue weighted by Crippen LogP contribution is 2.31. The van der Waals surface area contributed by atoms with E-state index in [2.05, 4.69) is 5.16 Å². The average Bonchev–Trinajstić information content (AvgIpc) is 3.05. The van der Waals surface area contributed by atoms with E-state index in [0.717, 1.165) is 22.6 Å². The van der Waals surface area contributed by atoms with Crippen LogP contribution in [0.5, 0.6) is 0 Å². The zero-order valence-electron chi connectivity index (χ0n) is 13.2. The third kappa shape index (κ3) is 3.03. The molecule has 6 heteroatoms. The number of fused-ring (bicyclic) bond motifs is 1. The molecule has 2 heterocycles. The van der Waals surface area contributed by atoms with Crippen molar-refractivity contribution >= 4 is 29.1 Å². The van der Waals surface area contributed by atoms with E-state index in [-0.39, 0.29) is 5.91 Å². The Kier molecular flexibility index (Phi) is 4.24. The Bertz CT molecular complexity index is 935. The summed E-state index contributed by atoms with van der Waals surface area (Å²) < 4.78 is 5.54. The Morgan fingerprint density at radius 1 is 1.08 bits per heavy atom. The Morgan fingerprint density at radius 2 is 1.84 bits per heavy atom. The first-order valence-corrected chi connectivity index (χ1v) is 8.66. The summed E-state index contributed by atoms with van der Waals surface area (Å²) in [7, 11) is 0. The number of rotatable bonds is 2. The van der Waals surface area contributed by atoms with E-state index < -0.39 is 0 Å². The Morgan fingerprint density at radius 3 is 2.60 bits per heavy atom. The molecule has 0 radical (unpaired) electrons. The Balaban J connectivity index is 1.60. The highest BCUT2D eigenvalue weighted by atomic mass is 35.5. The summed E-state index contributed by atoms with van der Waals surface area (Å²) in [6.45, 7) is 1.01. The lowest BCUT2D eigenvalue weighted by Crippen LogP contribution is -2.36. The lowest BCUT2D eigenvalue weighted by atomic mass is 10.00. The van der Waals surface area contributed by atoms with Gasteiger partial charge in [-0.25, -0.2) is 0 Å². The maximum absolute atomic E-state index is 12.7. The number of hydrogen-bond acceptors (Lipinski definition) is 3. The molecular formula is C19H14Cl2N2O2. The van der Waals surface area contributed by atoms with Gasteiger partial charge in [0.15, 0.2) is 5.76 Å². The predicted octanol–water partition coefficient (Wildman–Crippen LogP) is 4.85. The van der Waals surface area contributed by atoms with E-state index in [1.165, 1.54) is 0 Å². The highest BCUT2D eigenvalue weighted by molar-refractivity contribution is 6.33. The van der Waals surface area contributed by atoms with Crippen molar-refractivity contribution < 1.29 is 9.32 Å². The largest absolute Gasteiger partial charge is 0.356 e. The van der Waals surface area contributed by atoms with Gasteiger partial charge < -0.3 is 9.42 Å². The van der Waals surface area contributed by atoms with Crippen LogP contribution in [0.2, 0.25) is 10.0 Å². The zero-order chi connectivity index (χ0) is 17.4. The maximum Gasteiger partial charge on any atom is 0.255 e. The molecule has 0 N–H and O–H groups in total. The van der Waals surface area contributed by atoms with Crippen LogP contribution in [0.3, 0.4) is 0 Å². The van der Waals surface area contributed by atoms with Gasteiger partial charge in [0.1, 0.15) is 5.69 Å². The van der Waals surface area contributed by atoms with Crippen molar-refractivity contribution in [2.45, 2.75) is 13.0 Å². The summed E-state index contributed by atoms with van der Waals surface area (Å²) in [4.78, 5) is 14.5. The average molecular weight is 373 g/mol. The number of amides is 1. The lowest BCUT2D eigenvalue weighted by molar-refractivity contribution is 0.0731. The molecule has 3 aromatic rings. The smallest absolute Gasteiger partial charge is 0.255 e. The molecule has 4 rings (SSSR count). The van der Waals surface area contributed by atoms with Crippen molar-refractivity contribution in [2.24, 2.45) is 0 Å². The molecule has 0 fully saturated rings. The lowest BCUT2D eigenvalue weighted by Gasteiger charge is -2.26. The van der Waals surface area contributed by atoms with Crippen LogP contribution < -0.4 is 0 Å².